The lowest BCUT2D eigenvalue weighted by Gasteiger charge is -2.22. The van der Waals surface area contributed by atoms with Gasteiger partial charge in [-0.2, -0.15) is 4.68 Å². The predicted molar refractivity (Wildman–Crippen MR) is 78.9 cm³/mol. The fraction of sp³-hybridized carbons (Fsp3) is 0.385. The third-order valence-corrected chi connectivity index (χ3v) is 3.78. The predicted octanol–water partition coefficient (Wildman–Crippen LogP) is 0.653. The highest BCUT2D eigenvalue weighted by Crippen LogP contribution is 2.22. The van der Waals surface area contributed by atoms with Crippen LogP contribution in [0.15, 0.2) is 28.7 Å². The minimum Gasteiger partial charge on any atom is -0.409 e. The molecular formula is C13H15N4O4S+. The number of nitro benzene ring substituents is 1. The van der Waals surface area contributed by atoms with Gasteiger partial charge in [0.1, 0.15) is 13.1 Å². The van der Waals surface area contributed by atoms with Gasteiger partial charge < -0.3 is 14.1 Å². The van der Waals surface area contributed by atoms with Crippen LogP contribution < -0.4 is 4.90 Å². The Morgan fingerprint density at radius 3 is 2.91 bits per heavy atom. The average Bonchev–Trinajstić information content (AvgIpc) is 2.89. The molecule has 0 bridgehead atoms. The molecule has 2 aromatic rings. The number of morpholine rings is 1. The van der Waals surface area contributed by atoms with Crippen molar-refractivity contribution in [2.24, 2.45) is 0 Å². The van der Waals surface area contributed by atoms with Crippen molar-refractivity contribution in [3.63, 3.8) is 0 Å². The van der Waals surface area contributed by atoms with Gasteiger partial charge in [0.05, 0.1) is 18.1 Å². The number of hydrogen-bond donors (Lipinski definition) is 1. The van der Waals surface area contributed by atoms with Crippen molar-refractivity contribution in [3.05, 3.63) is 39.2 Å². The van der Waals surface area contributed by atoms with E-state index in [9.17, 15) is 10.1 Å². The first-order valence-electron chi connectivity index (χ1n) is 6.87. The summed E-state index contributed by atoms with van der Waals surface area (Å²) < 4.78 is 12.4. The zero-order valence-electron chi connectivity index (χ0n) is 11.7. The molecule has 1 aliphatic heterocycles. The van der Waals surface area contributed by atoms with E-state index in [1.54, 1.807) is 16.8 Å². The fourth-order valence-corrected chi connectivity index (χ4v) is 2.49. The van der Waals surface area contributed by atoms with Gasteiger partial charge in [-0.25, -0.2) is 0 Å². The molecule has 9 heteroatoms. The van der Waals surface area contributed by atoms with Gasteiger partial charge in [0.2, 0.25) is 5.89 Å². The second-order valence-electron chi connectivity index (χ2n) is 5.00. The molecule has 2 heterocycles. The monoisotopic (exact) mass is 323 g/mol. The Morgan fingerprint density at radius 2 is 2.18 bits per heavy atom. The van der Waals surface area contributed by atoms with E-state index in [4.69, 9.17) is 21.4 Å². The number of hydrogen-bond acceptors (Lipinski definition) is 6. The second kappa shape index (κ2) is 6.34. The van der Waals surface area contributed by atoms with E-state index in [0.717, 1.165) is 26.3 Å². The molecule has 0 spiro atoms. The second-order valence-corrected chi connectivity index (χ2v) is 5.35. The quantitative estimate of drug-likeness (QED) is 0.505. The standard InChI is InChI=1S/C13H14N4O4S/c18-17(19)11-3-1-2-10(8-11)12-14-16(13(22)21-12)9-15-4-6-20-7-5-15/h1-3,8H,4-7,9H2/p+1. The van der Waals surface area contributed by atoms with Crippen LogP contribution in [-0.2, 0) is 11.4 Å². The Balaban J connectivity index is 1.83. The summed E-state index contributed by atoms with van der Waals surface area (Å²) in [6.45, 7) is 3.82. The van der Waals surface area contributed by atoms with Gasteiger partial charge in [0.15, 0.2) is 6.67 Å². The molecule has 3 rings (SSSR count). The first-order valence-corrected chi connectivity index (χ1v) is 7.28. The van der Waals surface area contributed by atoms with Gasteiger partial charge in [0, 0.05) is 17.7 Å². The first-order chi connectivity index (χ1) is 10.6. The van der Waals surface area contributed by atoms with Gasteiger partial charge >= 0.3 is 0 Å². The number of benzene rings is 1. The molecule has 1 aliphatic rings. The van der Waals surface area contributed by atoms with E-state index >= 15 is 0 Å². The van der Waals surface area contributed by atoms with Crippen LogP contribution in [0.25, 0.3) is 11.5 Å². The largest absolute Gasteiger partial charge is 0.409 e. The van der Waals surface area contributed by atoms with Crippen LogP contribution in [0.2, 0.25) is 0 Å². The van der Waals surface area contributed by atoms with Crippen LogP contribution >= 0.6 is 12.2 Å². The molecule has 1 N–H and O–H groups in total. The Morgan fingerprint density at radius 1 is 1.41 bits per heavy atom. The molecule has 1 saturated heterocycles. The molecule has 116 valence electrons. The Kier molecular flexibility index (Phi) is 4.27. The lowest BCUT2D eigenvalue weighted by molar-refractivity contribution is -0.931. The minimum atomic E-state index is -0.451. The van der Waals surface area contributed by atoms with Crippen LogP contribution in [0.4, 0.5) is 5.69 Å². The maximum Gasteiger partial charge on any atom is 0.292 e. The van der Waals surface area contributed by atoms with Crippen molar-refractivity contribution in [2.45, 2.75) is 6.67 Å². The summed E-state index contributed by atoms with van der Waals surface area (Å²) in [5, 5.41) is 15.2. The van der Waals surface area contributed by atoms with Gasteiger partial charge in [0.25, 0.3) is 10.5 Å². The number of nitrogens with one attached hydrogen (secondary N) is 1. The van der Waals surface area contributed by atoms with Crippen molar-refractivity contribution in [1.29, 1.82) is 0 Å². The van der Waals surface area contributed by atoms with Crippen molar-refractivity contribution in [2.75, 3.05) is 26.3 Å². The number of quaternary nitrogens is 1. The lowest BCUT2D eigenvalue weighted by Crippen LogP contribution is -3.13. The first kappa shape index (κ1) is 14.8. The van der Waals surface area contributed by atoms with Crippen molar-refractivity contribution < 1.29 is 19.0 Å². The summed E-state index contributed by atoms with van der Waals surface area (Å²) in [6.07, 6.45) is 0. The summed E-state index contributed by atoms with van der Waals surface area (Å²) in [4.78, 5) is 12.0. The van der Waals surface area contributed by atoms with Gasteiger partial charge in [-0.15, -0.1) is 5.10 Å². The summed E-state index contributed by atoms with van der Waals surface area (Å²) in [6, 6.07) is 6.15. The topological polar surface area (TPSA) is 87.8 Å². The van der Waals surface area contributed by atoms with E-state index < -0.39 is 4.92 Å². The SMILES string of the molecule is O=[N+]([O-])c1cccc(-c2nn(C[NH+]3CCOCC3)c(=S)o2)c1. The molecule has 1 aromatic heterocycles. The normalized spacial score (nSPS) is 15.8. The molecule has 0 unspecified atom stereocenters. The Labute approximate surface area is 131 Å². The third-order valence-electron chi connectivity index (χ3n) is 3.48. The van der Waals surface area contributed by atoms with Crippen LogP contribution in [0.3, 0.4) is 0 Å². The summed E-state index contributed by atoms with van der Waals surface area (Å²) >= 11 is 5.18. The van der Waals surface area contributed by atoms with Gasteiger partial charge in [-0.1, -0.05) is 6.07 Å². The van der Waals surface area contributed by atoms with Gasteiger partial charge in [-0.05, 0) is 18.3 Å². The molecule has 0 atom stereocenters. The molecule has 1 fully saturated rings. The Hall–Kier alpha value is -2.10. The summed E-state index contributed by atoms with van der Waals surface area (Å²) in [5.41, 5.74) is 0.531. The molecule has 0 radical (unpaired) electrons. The maximum atomic E-state index is 10.8. The van der Waals surface area contributed by atoms with E-state index in [-0.39, 0.29) is 10.5 Å². The van der Waals surface area contributed by atoms with E-state index in [0.29, 0.717) is 18.1 Å². The van der Waals surface area contributed by atoms with Crippen LogP contribution in [0.1, 0.15) is 0 Å². The zero-order chi connectivity index (χ0) is 15.5. The molecule has 1 aromatic carbocycles. The summed E-state index contributed by atoms with van der Waals surface area (Å²) in [5.74, 6) is 0.293. The van der Waals surface area contributed by atoms with E-state index in [2.05, 4.69) is 5.10 Å². The maximum absolute atomic E-state index is 10.8. The van der Waals surface area contributed by atoms with Gasteiger partial charge in [-0.3, -0.25) is 10.1 Å². The number of non-ortho nitro benzene ring substituents is 1. The highest BCUT2D eigenvalue weighted by atomic mass is 32.1. The van der Waals surface area contributed by atoms with E-state index in [1.807, 2.05) is 0 Å². The highest BCUT2D eigenvalue weighted by molar-refractivity contribution is 7.71. The Bertz CT molecular complexity index is 736. The number of nitro groups is 1. The minimum absolute atomic E-state index is 0.00743. The zero-order valence-corrected chi connectivity index (χ0v) is 12.5. The molecule has 22 heavy (non-hydrogen) atoms. The third kappa shape index (κ3) is 3.21. The van der Waals surface area contributed by atoms with Crippen molar-refractivity contribution in [3.8, 4) is 11.5 Å². The number of rotatable bonds is 4. The molecule has 0 aliphatic carbocycles. The van der Waals surface area contributed by atoms with Crippen LogP contribution in [0, 0.1) is 15.0 Å². The smallest absolute Gasteiger partial charge is 0.292 e. The van der Waals surface area contributed by atoms with Crippen LogP contribution in [0.5, 0.6) is 0 Å². The molecule has 8 nitrogen and oxygen atoms in total. The fourth-order valence-electron chi connectivity index (χ4n) is 2.31. The number of aromatic nitrogens is 2. The number of nitrogens with zero attached hydrogens (tertiary/aromatic N) is 3. The molecule has 0 saturated carbocycles. The average molecular weight is 323 g/mol. The molecule has 0 amide bonds. The van der Waals surface area contributed by atoms with Crippen LogP contribution in [-0.4, -0.2) is 41.0 Å². The lowest BCUT2D eigenvalue weighted by atomic mass is 10.2. The highest BCUT2D eigenvalue weighted by Gasteiger charge is 2.18. The van der Waals surface area contributed by atoms with Crippen molar-refractivity contribution >= 4 is 17.9 Å². The number of ether oxygens (including phenoxy) is 1. The summed E-state index contributed by atoms with van der Waals surface area (Å²) in [7, 11) is 0. The van der Waals surface area contributed by atoms with Crippen molar-refractivity contribution in [1.82, 2.24) is 9.78 Å². The molecular weight excluding hydrogens is 308 g/mol. The van der Waals surface area contributed by atoms with E-state index in [1.165, 1.54) is 17.0 Å².